The highest BCUT2D eigenvalue weighted by atomic mass is 16.5. The Balaban J connectivity index is 1.58. The summed E-state index contributed by atoms with van der Waals surface area (Å²) in [6.07, 6.45) is 0.207. The Labute approximate surface area is 151 Å². The minimum atomic E-state index is -0.430. The zero-order valence-electron chi connectivity index (χ0n) is 14.5. The number of methoxy groups -OCH3 is 1. The Bertz CT molecular complexity index is 802. The highest BCUT2D eigenvalue weighted by Crippen LogP contribution is 2.22. The fourth-order valence-electron chi connectivity index (χ4n) is 2.96. The van der Waals surface area contributed by atoms with Gasteiger partial charge in [-0.05, 0) is 29.8 Å². The van der Waals surface area contributed by atoms with Gasteiger partial charge in [-0.3, -0.25) is 9.59 Å². The van der Waals surface area contributed by atoms with Gasteiger partial charge in [0.2, 0.25) is 11.8 Å². The van der Waals surface area contributed by atoms with Crippen molar-refractivity contribution >= 4 is 23.5 Å². The Morgan fingerprint density at radius 2 is 1.81 bits per heavy atom. The van der Waals surface area contributed by atoms with Crippen molar-refractivity contribution in [2.45, 2.75) is 13.0 Å². The molecule has 0 bridgehead atoms. The smallest absolute Gasteiger partial charge is 0.337 e. The maximum atomic E-state index is 12.5. The van der Waals surface area contributed by atoms with Gasteiger partial charge in [-0.25, -0.2) is 4.79 Å². The highest BCUT2D eigenvalue weighted by Gasteiger charge is 2.34. The van der Waals surface area contributed by atoms with Gasteiger partial charge in [-0.2, -0.15) is 0 Å². The maximum Gasteiger partial charge on any atom is 0.337 e. The number of ether oxygens (including phenoxy) is 1. The zero-order valence-corrected chi connectivity index (χ0v) is 14.5. The lowest BCUT2D eigenvalue weighted by Crippen LogP contribution is -2.28. The normalized spacial score (nSPS) is 16.4. The van der Waals surface area contributed by atoms with Crippen LogP contribution in [-0.4, -0.2) is 36.3 Å². The number of hydrogen-bond acceptors (Lipinski definition) is 4. The lowest BCUT2D eigenvalue weighted by molar-refractivity contribution is -0.128. The van der Waals surface area contributed by atoms with Crippen LogP contribution in [0.15, 0.2) is 54.6 Å². The number of anilines is 1. The number of carbonyl (C=O) groups is 3. The third-order valence-electron chi connectivity index (χ3n) is 4.38. The van der Waals surface area contributed by atoms with E-state index in [-0.39, 0.29) is 24.2 Å². The van der Waals surface area contributed by atoms with Crippen LogP contribution in [-0.2, 0) is 20.9 Å². The Kier molecular flexibility index (Phi) is 5.31. The SMILES string of the molecule is COC(=O)c1ccc(NC(=O)[C@H]2CC(=O)N(Cc3ccccc3)C2)cc1. The van der Waals surface area contributed by atoms with E-state index in [2.05, 4.69) is 10.1 Å². The first-order chi connectivity index (χ1) is 12.6. The summed E-state index contributed by atoms with van der Waals surface area (Å²) in [6.45, 7) is 0.914. The zero-order chi connectivity index (χ0) is 18.5. The van der Waals surface area contributed by atoms with E-state index in [1.807, 2.05) is 30.3 Å². The van der Waals surface area contributed by atoms with E-state index >= 15 is 0 Å². The number of rotatable bonds is 5. The molecule has 1 fully saturated rings. The molecular weight excluding hydrogens is 332 g/mol. The average Bonchev–Trinajstić information content (AvgIpc) is 3.03. The first-order valence-electron chi connectivity index (χ1n) is 8.38. The summed E-state index contributed by atoms with van der Waals surface area (Å²) < 4.78 is 4.64. The first kappa shape index (κ1) is 17.7. The minimum Gasteiger partial charge on any atom is -0.465 e. The fraction of sp³-hybridized carbons (Fsp3) is 0.250. The summed E-state index contributed by atoms with van der Waals surface area (Å²) in [5.74, 6) is -1.03. The van der Waals surface area contributed by atoms with Crippen LogP contribution in [0.4, 0.5) is 5.69 Å². The van der Waals surface area contributed by atoms with Crippen molar-refractivity contribution in [1.82, 2.24) is 4.90 Å². The minimum absolute atomic E-state index is 0.0185. The van der Waals surface area contributed by atoms with Crippen molar-refractivity contribution in [2.75, 3.05) is 19.0 Å². The van der Waals surface area contributed by atoms with Gasteiger partial charge in [0, 0.05) is 25.2 Å². The van der Waals surface area contributed by atoms with E-state index in [0.29, 0.717) is 24.3 Å². The number of nitrogens with zero attached hydrogens (tertiary/aromatic N) is 1. The van der Waals surface area contributed by atoms with Crippen LogP contribution in [0.25, 0.3) is 0 Å². The molecule has 1 saturated heterocycles. The van der Waals surface area contributed by atoms with E-state index in [1.54, 1.807) is 29.2 Å². The van der Waals surface area contributed by atoms with Gasteiger partial charge in [-0.1, -0.05) is 30.3 Å². The molecule has 2 amide bonds. The van der Waals surface area contributed by atoms with Crippen LogP contribution >= 0.6 is 0 Å². The second-order valence-electron chi connectivity index (χ2n) is 6.22. The second-order valence-corrected chi connectivity index (χ2v) is 6.22. The molecule has 26 heavy (non-hydrogen) atoms. The third kappa shape index (κ3) is 4.08. The van der Waals surface area contributed by atoms with Crippen LogP contribution in [0.5, 0.6) is 0 Å². The van der Waals surface area contributed by atoms with Crippen LogP contribution in [0.3, 0.4) is 0 Å². The molecule has 1 atom stereocenters. The number of hydrogen-bond donors (Lipinski definition) is 1. The number of likely N-dealkylation sites (tertiary alicyclic amines) is 1. The van der Waals surface area contributed by atoms with Crippen molar-refractivity contribution in [2.24, 2.45) is 5.92 Å². The van der Waals surface area contributed by atoms with E-state index < -0.39 is 5.97 Å². The molecule has 1 aliphatic heterocycles. The van der Waals surface area contributed by atoms with Crippen LogP contribution in [0.1, 0.15) is 22.3 Å². The van der Waals surface area contributed by atoms with Crippen molar-refractivity contribution in [3.63, 3.8) is 0 Å². The molecule has 2 aromatic carbocycles. The number of nitrogens with one attached hydrogen (secondary N) is 1. The average molecular weight is 352 g/mol. The molecule has 6 nitrogen and oxygen atoms in total. The van der Waals surface area contributed by atoms with Crippen molar-refractivity contribution in [3.05, 3.63) is 65.7 Å². The molecule has 2 aromatic rings. The molecule has 0 spiro atoms. The van der Waals surface area contributed by atoms with Gasteiger partial charge in [0.25, 0.3) is 0 Å². The number of esters is 1. The van der Waals surface area contributed by atoms with Gasteiger partial charge in [0.15, 0.2) is 0 Å². The number of benzene rings is 2. The van der Waals surface area contributed by atoms with Gasteiger partial charge in [0.05, 0.1) is 18.6 Å². The van der Waals surface area contributed by atoms with Crippen LogP contribution < -0.4 is 5.32 Å². The van der Waals surface area contributed by atoms with Gasteiger partial charge >= 0.3 is 5.97 Å². The quantitative estimate of drug-likeness (QED) is 0.839. The Morgan fingerprint density at radius 1 is 1.12 bits per heavy atom. The molecule has 134 valence electrons. The van der Waals surface area contributed by atoms with Crippen molar-refractivity contribution in [3.8, 4) is 0 Å². The maximum absolute atomic E-state index is 12.5. The molecule has 1 N–H and O–H groups in total. The van der Waals surface area contributed by atoms with Gasteiger partial charge in [-0.15, -0.1) is 0 Å². The first-order valence-corrected chi connectivity index (χ1v) is 8.38. The molecule has 1 heterocycles. The monoisotopic (exact) mass is 352 g/mol. The molecule has 0 saturated carbocycles. The summed E-state index contributed by atoms with van der Waals surface area (Å²) in [6, 6.07) is 16.2. The number of amides is 2. The molecule has 0 unspecified atom stereocenters. The van der Waals surface area contributed by atoms with Crippen molar-refractivity contribution in [1.29, 1.82) is 0 Å². The van der Waals surface area contributed by atoms with Crippen LogP contribution in [0, 0.1) is 5.92 Å². The highest BCUT2D eigenvalue weighted by molar-refractivity contribution is 5.97. The fourth-order valence-corrected chi connectivity index (χ4v) is 2.96. The summed E-state index contributed by atoms with van der Waals surface area (Å²) in [5.41, 5.74) is 2.03. The molecule has 0 radical (unpaired) electrons. The molecule has 1 aliphatic rings. The summed E-state index contributed by atoms with van der Waals surface area (Å²) in [5, 5.41) is 2.80. The third-order valence-corrected chi connectivity index (χ3v) is 4.38. The van der Waals surface area contributed by atoms with E-state index in [1.165, 1.54) is 7.11 Å². The van der Waals surface area contributed by atoms with Crippen molar-refractivity contribution < 1.29 is 19.1 Å². The summed E-state index contributed by atoms with van der Waals surface area (Å²) in [7, 11) is 1.32. The van der Waals surface area contributed by atoms with Gasteiger partial charge < -0.3 is 15.0 Å². The lowest BCUT2D eigenvalue weighted by Gasteiger charge is -2.16. The number of carbonyl (C=O) groups excluding carboxylic acids is 3. The standard InChI is InChI=1S/C20H20N2O4/c1-26-20(25)15-7-9-17(10-8-15)21-19(24)16-11-18(23)22(13-16)12-14-5-3-2-4-6-14/h2-10,16H,11-13H2,1H3,(H,21,24)/t16-/m0/s1. The van der Waals surface area contributed by atoms with E-state index in [4.69, 9.17) is 0 Å². The predicted molar refractivity (Wildman–Crippen MR) is 96.4 cm³/mol. The molecule has 0 aliphatic carbocycles. The second kappa shape index (κ2) is 7.82. The van der Waals surface area contributed by atoms with E-state index in [0.717, 1.165) is 5.56 Å². The lowest BCUT2D eigenvalue weighted by atomic mass is 10.1. The molecule has 0 aromatic heterocycles. The molecule has 3 rings (SSSR count). The largest absolute Gasteiger partial charge is 0.465 e. The Morgan fingerprint density at radius 3 is 2.46 bits per heavy atom. The summed E-state index contributed by atoms with van der Waals surface area (Å²) >= 11 is 0. The summed E-state index contributed by atoms with van der Waals surface area (Å²) in [4.78, 5) is 37.8. The van der Waals surface area contributed by atoms with Crippen LogP contribution in [0.2, 0.25) is 0 Å². The molecular formula is C20H20N2O4. The van der Waals surface area contributed by atoms with E-state index in [9.17, 15) is 14.4 Å². The van der Waals surface area contributed by atoms with Gasteiger partial charge in [0.1, 0.15) is 0 Å². The predicted octanol–water partition coefficient (Wildman–Crippen LogP) is 2.46. The topological polar surface area (TPSA) is 75.7 Å². The Hall–Kier alpha value is -3.15. The molecule has 6 heteroatoms.